The monoisotopic (exact) mass is 376 g/mol. The van der Waals surface area contributed by atoms with E-state index >= 15 is 0 Å². The fourth-order valence-electron chi connectivity index (χ4n) is 2.88. The third kappa shape index (κ3) is 4.65. The highest BCUT2D eigenvalue weighted by atomic mass is 16.2. The molecule has 6 nitrogen and oxygen atoms in total. The van der Waals surface area contributed by atoms with E-state index in [1.165, 1.54) is 4.68 Å². The molecule has 0 fully saturated rings. The Morgan fingerprint density at radius 2 is 1.57 bits per heavy atom. The summed E-state index contributed by atoms with van der Waals surface area (Å²) in [7, 11) is 0. The summed E-state index contributed by atoms with van der Waals surface area (Å²) in [6.45, 7) is 7.64. The second-order valence-electron chi connectivity index (χ2n) is 7.02. The van der Waals surface area contributed by atoms with Gasteiger partial charge in [0.1, 0.15) is 12.2 Å². The molecule has 6 heteroatoms. The molecule has 2 N–H and O–H groups in total. The molecule has 0 aliphatic rings. The smallest absolute Gasteiger partial charge is 0.273 e. The Hall–Kier alpha value is -3.41. The SMILES string of the molecule is Cc1ccc(NC(=O)Cn2nc(C)cc2C(=O)Nc2cc(C)ccc2C)cc1. The quantitative estimate of drug-likeness (QED) is 0.706. The van der Waals surface area contributed by atoms with E-state index in [0.29, 0.717) is 17.1 Å². The molecule has 0 bridgehead atoms. The Morgan fingerprint density at radius 1 is 0.893 bits per heavy atom. The molecule has 0 unspecified atom stereocenters. The fraction of sp³-hybridized carbons (Fsp3) is 0.227. The molecule has 3 aromatic rings. The highest BCUT2D eigenvalue weighted by Crippen LogP contribution is 2.18. The van der Waals surface area contributed by atoms with Crippen molar-refractivity contribution in [1.29, 1.82) is 0 Å². The van der Waals surface area contributed by atoms with Crippen molar-refractivity contribution in [2.24, 2.45) is 0 Å². The van der Waals surface area contributed by atoms with E-state index in [1.54, 1.807) is 13.0 Å². The molecule has 0 atom stereocenters. The lowest BCUT2D eigenvalue weighted by atomic mass is 10.1. The molecule has 0 radical (unpaired) electrons. The molecule has 2 aromatic carbocycles. The van der Waals surface area contributed by atoms with E-state index in [4.69, 9.17) is 0 Å². The molecular weight excluding hydrogens is 352 g/mol. The Labute approximate surface area is 164 Å². The zero-order valence-corrected chi connectivity index (χ0v) is 16.5. The van der Waals surface area contributed by atoms with Crippen LogP contribution in [0.1, 0.15) is 32.9 Å². The number of rotatable bonds is 5. The minimum absolute atomic E-state index is 0.0444. The topological polar surface area (TPSA) is 76.0 Å². The molecule has 0 aliphatic heterocycles. The van der Waals surface area contributed by atoms with Crippen LogP contribution < -0.4 is 10.6 Å². The van der Waals surface area contributed by atoms with Crippen LogP contribution in [0.15, 0.2) is 48.5 Å². The van der Waals surface area contributed by atoms with Crippen molar-refractivity contribution in [3.05, 3.63) is 76.6 Å². The predicted octanol–water partition coefficient (Wildman–Crippen LogP) is 4.01. The lowest BCUT2D eigenvalue weighted by molar-refractivity contribution is -0.116. The van der Waals surface area contributed by atoms with Gasteiger partial charge in [-0.15, -0.1) is 0 Å². The number of nitrogens with zero attached hydrogens (tertiary/aromatic N) is 2. The third-order valence-corrected chi connectivity index (χ3v) is 4.40. The highest BCUT2D eigenvalue weighted by molar-refractivity contribution is 6.04. The van der Waals surface area contributed by atoms with Crippen LogP contribution in [-0.4, -0.2) is 21.6 Å². The summed E-state index contributed by atoms with van der Waals surface area (Å²) in [6, 6.07) is 15.1. The van der Waals surface area contributed by atoms with Gasteiger partial charge in [-0.25, -0.2) is 0 Å². The summed E-state index contributed by atoms with van der Waals surface area (Å²) < 4.78 is 1.43. The number of nitrogens with one attached hydrogen (secondary N) is 2. The van der Waals surface area contributed by atoms with Crippen molar-refractivity contribution in [2.45, 2.75) is 34.2 Å². The maximum Gasteiger partial charge on any atom is 0.273 e. The molecule has 0 saturated heterocycles. The molecule has 3 rings (SSSR count). The summed E-state index contributed by atoms with van der Waals surface area (Å²) >= 11 is 0. The number of carbonyl (C=O) groups is 2. The Balaban J connectivity index is 1.74. The van der Waals surface area contributed by atoms with Gasteiger partial charge in [0.15, 0.2) is 0 Å². The Kier molecular flexibility index (Phi) is 5.59. The van der Waals surface area contributed by atoms with Gasteiger partial charge in [0, 0.05) is 11.4 Å². The van der Waals surface area contributed by atoms with E-state index in [9.17, 15) is 9.59 Å². The van der Waals surface area contributed by atoms with Crippen LogP contribution in [0.25, 0.3) is 0 Å². The van der Waals surface area contributed by atoms with Crippen molar-refractivity contribution >= 4 is 23.2 Å². The zero-order valence-electron chi connectivity index (χ0n) is 16.5. The van der Waals surface area contributed by atoms with Crippen LogP contribution in [0.5, 0.6) is 0 Å². The van der Waals surface area contributed by atoms with Crippen LogP contribution in [0.4, 0.5) is 11.4 Å². The van der Waals surface area contributed by atoms with Gasteiger partial charge >= 0.3 is 0 Å². The van der Waals surface area contributed by atoms with Crippen molar-refractivity contribution in [3.8, 4) is 0 Å². The van der Waals surface area contributed by atoms with Gasteiger partial charge in [-0.1, -0.05) is 29.8 Å². The number of carbonyl (C=O) groups excluding carboxylic acids is 2. The number of aryl methyl sites for hydroxylation is 4. The molecule has 0 saturated carbocycles. The minimum atomic E-state index is -0.294. The van der Waals surface area contributed by atoms with Crippen molar-refractivity contribution in [3.63, 3.8) is 0 Å². The largest absolute Gasteiger partial charge is 0.324 e. The van der Waals surface area contributed by atoms with Crippen LogP contribution >= 0.6 is 0 Å². The van der Waals surface area contributed by atoms with Gasteiger partial charge in [-0.2, -0.15) is 5.10 Å². The molecule has 28 heavy (non-hydrogen) atoms. The van der Waals surface area contributed by atoms with E-state index in [0.717, 1.165) is 22.4 Å². The maximum atomic E-state index is 12.8. The van der Waals surface area contributed by atoms with Gasteiger partial charge in [0.05, 0.1) is 5.69 Å². The molecule has 2 amide bonds. The summed E-state index contributed by atoms with van der Waals surface area (Å²) in [4.78, 5) is 25.2. The van der Waals surface area contributed by atoms with Crippen LogP contribution in [-0.2, 0) is 11.3 Å². The zero-order chi connectivity index (χ0) is 20.3. The minimum Gasteiger partial charge on any atom is -0.324 e. The standard InChI is InChI=1S/C22H24N4O2/c1-14-6-9-18(10-7-14)23-21(27)13-26-20(12-17(4)25-26)22(28)24-19-11-15(2)5-8-16(19)3/h5-12H,13H2,1-4H3,(H,23,27)(H,24,28). The van der Waals surface area contributed by atoms with E-state index in [-0.39, 0.29) is 18.4 Å². The molecule has 144 valence electrons. The first-order chi connectivity index (χ1) is 13.3. The first kappa shape index (κ1) is 19.4. The fourth-order valence-corrected chi connectivity index (χ4v) is 2.88. The van der Waals surface area contributed by atoms with Crippen molar-refractivity contribution < 1.29 is 9.59 Å². The van der Waals surface area contributed by atoms with Gasteiger partial charge < -0.3 is 10.6 Å². The third-order valence-electron chi connectivity index (χ3n) is 4.40. The molecule has 0 aliphatic carbocycles. The summed E-state index contributed by atoms with van der Waals surface area (Å²) in [6.07, 6.45) is 0. The van der Waals surface area contributed by atoms with Gasteiger partial charge in [0.25, 0.3) is 5.91 Å². The lowest BCUT2D eigenvalue weighted by Gasteiger charge is -2.11. The van der Waals surface area contributed by atoms with Gasteiger partial charge in [-0.3, -0.25) is 14.3 Å². The van der Waals surface area contributed by atoms with E-state index in [1.807, 2.05) is 63.2 Å². The number of benzene rings is 2. The summed E-state index contributed by atoms with van der Waals surface area (Å²) in [5.41, 5.74) is 5.63. The molecule has 1 aromatic heterocycles. The van der Waals surface area contributed by atoms with E-state index in [2.05, 4.69) is 15.7 Å². The lowest BCUT2D eigenvalue weighted by Crippen LogP contribution is -2.24. The highest BCUT2D eigenvalue weighted by Gasteiger charge is 2.17. The molecule has 1 heterocycles. The van der Waals surface area contributed by atoms with Crippen LogP contribution in [0.3, 0.4) is 0 Å². The average Bonchev–Trinajstić information content (AvgIpc) is 3.00. The summed E-state index contributed by atoms with van der Waals surface area (Å²) in [5.74, 6) is -0.537. The maximum absolute atomic E-state index is 12.8. The van der Waals surface area contributed by atoms with Crippen molar-refractivity contribution in [1.82, 2.24) is 9.78 Å². The molecule has 0 spiro atoms. The first-order valence-corrected chi connectivity index (χ1v) is 9.11. The number of amides is 2. The normalized spacial score (nSPS) is 10.6. The number of aromatic nitrogens is 2. The number of hydrogen-bond acceptors (Lipinski definition) is 3. The number of anilines is 2. The van der Waals surface area contributed by atoms with Crippen molar-refractivity contribution in [2.75, 3.05) is 10.6 Å². The van der Waals surface area contributed by atoms with Crippen LogP contribution in [0.2, 0.25) is 0 Å². The van der Waals surface area contributed by atoms with Gasteiger partial charge in [-0.05, 0) is 63.1 Å². The predicted molar refractivity (Wildman–Crippen MR) is 111 cm³/mol. The van der Waals surface area contributed by atoms with Gasteiger partial charge in [0.2, 0.25) is 5.91 Å². The van der Waals surface area contributed by atoms with E-state index < -0.39 is 0 Å². The summed E-state index contributed by atoms with van der Waals surface area (Å²) in [5, 5.41) is 10.1. The molecular formula is C22H24N4O2. The number of hydrogen-bond donors (Lipinski definition) is 2. The Bertz CT molecular complexity index is 1020. The first-order valence-electron chi connectivity index (χ1n) is 9.11. The van der Waals surface area contributed by atoms with Crippen LogP contribution in [0, 0.1) is 27.7 Å². The Morgan fingerprint density at radius 3 is 2.29 bits per heavy atom. The second-order valence-corrected chi connectivity index (χ2v) is 7.02. The average molecular weight is 376 g/mol. The second kappa shape index (κ2) is 8.08.